The minimum absolute atomic E-state index is 0.00171. The van der Waals surface area contributed by atoms with Gasteiger partial charge in [-0.15, -0.1) is 0 Å². The van der Waals surface area contributed by atoms with Crippen LogP contribution in [0.4, 0.5) is 4.39 Å². The molecule has 4 rings (SSSR count). The van der Waals surface area contributed by atoms with Gasteiger partial charge in [-0.3, -0.25) is 14.5 Å². The second kappa shape index (κ2) is 9.72. The lowest BCUT2D eigenvalue weighted by molar-refractivity contribution is -0.140. The van der Waals surface area contributed by atoms with Gasteiger partial charge in [0.05, 0.1) is 31.9 Å². The van der Waals surface area contributed by atoms with E-state index in [1.54, 1.807) is 37.4 Å². The molecule has 8 heteroatoms. The third-order valence-corrected chi connectivity index (χ3v) is 6.15. The van der Waals surface area contributed by atoms with E-state index < -0.39 is 23.5 Å². The van der Waals surface area contributed by atoms with Crippen molar-refractivity contribution in [3.05, 3.63) is 70.5 Å². The second-order valence-electron chi connectivity index (χ2n) is 8.18. The largest absolute Gasteiger partial charge is 0.507 e. The van der Waals surface area contributed by atoms with E-state index in [-0.39, 0.29) is 11.3 Å². The minimum atomic E-state index is -0.811. The van der Waals surface area contributed by atoms with Crippen LogP contribution in [0.1, 0.15) is 22.7 Å². The molecule has 0 spiro atoms. The average molecular weight is 454 g/mol. The van der Waals surface area contributed by atoms with Gasteiger partial charge in [-0.1, -0.05) is 12.1 Å². The van der Waals surface area contributed by atoms with Gasteiger partial charge in [0, 0.05) is 31.7 Å². The predicted molar refractivity (Wildman–Crippen MR) is 120 cm³/mol. The molecule has 2 fully saturated rings. The molecule has 1 N–H and O–H groups in total. The Morgan fingerprint density at radius 2 is 1.82 bits per heavy atom. The van der Waals surface area contributed by atoms with Gasteiger partial charge in [0.2, 0.25) is 0 Å². The highest BCUT2D eigenvalue weighted by molar-refractivity contribution is 6.46. The number of aryl methyl sites for hydroxylation is 1. The maximum Gasteiger partial charge on any atom is 0.295 e. The van der Waals surface area contributed by atoms with Crippen LogP contribution in [0.2, 0.25) is 0 Å². The summed E-state index contributed by atoms with van der Waals surface area (Å²) >= 11 is 0. The number of aliphatic hydroxyl groups excluding tert-OH is 1. The molecule has 1 atom stereocenters. The summed E-state index contributed by atoms with van der Waals surface area (Å²) in [6.45, 7) is 5.43. The Morgan fingerprint density at radius 3 is 2.45 bits per heavy atom. The van der Waals surface area contributed by atoms with E-state index in [9.17, 15) is 19.1 Å². The molecule has 7 nitrogen and oxygen atoms in total. The number of nitrogens with zero attached hydrogens (tertiary/aromatic N) is 2. The predicted octanol–water partition coefficient (Wildman–Crippen LogP) is 2.90. The number of ether oxygens (including phenoxy) is 2. The van der Waals surface area contributed by atoms with Gasteiger partial charge < -0.3 is 19.5 Å². The van der Waals surface area contributed by atoms with Gasteiger partial charge >= 0.3 is 0 Å². The number of hydrogen-bond donors (Lipinski definition) is 1. The van der Waals surface area contributed by atoms with Crippen LogP contribution in [-0.4, -0.2) is 73.1 Å². The first-order chi connectivity index (χ1) is 15.9. The Kier molecular flexibility index (Phi) is 6.76. The minimum Gasteiger partial charge on any atom is -0.507 e. The zero-order chi connectivity index (χ0) is 23.5. The fourth-order valence-electron chi connectivity index (χ4n) is 4.36. The molecule has 0 aliphatic carbocycles. The summed E-state index contributed by atoms with van der Waals surface area (Å²) in [5, 5.41) is 11.2. The number of aliphatic hydroxyl groups is 1. The van der Waals surface area contributed by atoms with E-state index in [4.69, 9.17) is 9.47 Å². The summed E-state index contributed by atoms with van der Waals surface area (Å²) in [5.41, 5.74) is 1.75. The van der Waals surface area contributed by atoms with E-state index in [2.05, 4.69) is 4.90 Å². The molecule has 0 saturated carbocycles. The summed E-state index contributed by atoms with van der Waals surface area (Å²) in [7, 11) is 1.55. The lowest BCUT2D eigenvalue weighted by atomic mass is 9.94. The van der Waals surface area contributed by atoms with Crippen molar-refractivity contribution in [1.82, 2.24) is 9.80 Å². The number of carbonyl (C=O) groups is 2. The number of morpholine rings is 1. The fraction of sp³-hybridized carbons (Fsp3) is 0.360. The molecule has 0 unspecified atom stereocenters. The molecule has 2 aromatic carbocycles. The monoisotopic (exact) mass is 454 g/mol. The van der Waals surface area contributed by atoms with Gasteiger partial charge in [-0.05, 0) is 48.4 Å². The Morgan fingerprint density at radius 1 is 1.12 bits per heavy atom. The summed E-state index contributed by atoms with van der Waals surface area (Å²) in [5.74, 6) is -1.47. The molecular weight excluding hydrogens is 427 g/mol. The Labute approximate surface area is 192 Å². The molecule has 1 amide bonds. The number of Topliss-reactive ketones (excluding diaryl/α,β-unsaturated/α-hetero) is 1. The Bertz CT molecular complexity index is 1080. The average Bonchev–Trinajstić information content (AvgIpc) is 3.08. The molecule has 33 heavy (non-hydrogen) atoms. The van der Waals surface area contributed by atoms with Crippen molar-refractivity contribution in [2.24, 2.45) is 0 Å². The molecule has 0 aromatic heterocycles. The molecule has 2 aromatic rings. The van der Waals surface area contributed by atoms with E-state index in [0.717, 1.165) is 18.7 Å². The van der Waals surface area contributed by atoms with Crippen molar-refractivity contribution in [3.8, 4) is 5.75 Å². The highest BCUT2D eigenvalue weighted by atomic mass is 19.1. The Hall–Kier alpha value is -3.23. The maximum absolute atomic E-state index is 13.6. The highest BCUT2D eigenvalue weighted by Gasteiger charge is 2.46. The van der Waals surface area contributed by atoms with Gasteiger partial charge in [0.1, 0.15) is 17.3 Å². The maximum atomic E-state index is 13.6. The summed E-state index contributed by atoms with van der Waals surface area (Å²) < 4.78 is 24.3. The van der Waals surface area contributed by atoms with E-state index in [1.165, 1.54) is 17.0 Å². The molecule has 2 aliphatic heterocycles. The van der Waals surface area contributed by atoms with Crippen LogP contribution in [0.15, 0.2) is 48.0 Å². The van der Waals surface area contributed by atoms with Crippen LogP contribution in [0.3, 0.4) is 0 Å². The van der Waals surface area contributed by atoms with Crippen LogP contribution in [0, 0.1) is 12.7 Å². The number of likely N-dealkylation sites (tertiary alicyclic amines) is 1. The third kappa shape index (κ3) is 4.62. The van der Waals surface area contributed by atoms with Crippen molar-refractivity contribution < 1.29 is 28.6 Å². The van der Waals surface area contributed by atoms with Crippen LogP contribution in [0.25, 0.3) is 5.76 Å². The fourth-order valence-corrected chi connectivity index (χ4v) is 4.36. The molecule has 2 saturated heterocycles. The Balaban J connectivity index is 1.74. The van der Waals surface area contributed by atoms with Gasteiger partial charge in [-0.25, -0.2) is 4.39 Å². The summed E-state index contributed by atoms with van der Waals surface area (Å²) in [4.78, 5) is 29.8. The lowest BCUT2D eigenvalue weighted by Crippen LogP contribution is -2.42. The quantitative estimate of drug-likeness (QED) is 0.411. The van der Waals surface area contributed by atoms with Crippen molar-refractivity contribution in [3.63, 3.8) is 0 Å². The highest BCUT2D eigenvalue weighted by Crippen LogP contribution is 2.39. The molecular formula is C25H27FN2O5. The second-order valence-corrected chi connectivity index (χ2v) is 8.18. The van der Waals surface area contributed by atoms with Gasteiger partial charge in [0.25, 0.3) is 11.7 Å². The first-order valence-corrected chi connectivity index (χ1v) is 10.9. The molecule has 2 aliphatic rings. The number of carbonyl (C=O) groups excluding carboxylic acids is 2. The molecule has 0 radical (unpaired) electrons. The van der Waals surface area contributed by atoms with Crippen LogP contribution in [-0.2, 0) is 14.3 Å². The number of hydrogen-bond acceptors (Lipinski definition) is 6. The van der Waals surface area contributed by atoms with Crippen LogP contribution >= 0.6 is 0 Å². The number of rotatable bonds is 6. The zero-order valence-electron chi connectivity index (χ0n) is 18.7. The standard InChI is InChI=1S/C25H27FN2O5/c1-16-15-18(5-8-20(16)32-2)23(29)21-22(17-3-6-19(26)7-4-17)28(25(31)24(21)30)10-9-27-11-13-33-14-12-27/h3-8,15,22,29H,9-14H2,1-2H3/t22-/m0/s1. The number of halogens is 1. The van der Waals surface area contributed by atoms with Crippen molar-refractivity contribution >= 4 is 17.4 Å². The van der Waals surface area contributed by atoms with Gasteiger partial charge in [-0.2, -0.15) is 0 Å². The van der Waals surface area contributed by atoms with Crippen molar-refractivity contribution in [2.75, 3.05) is 46.5 Å². The third-order valence-electron chi connectivity index (χ3n) is 6.15. The van der Waals surface area contributed by atoms with Crippen molar-refractivity contribution in [1.29, 1.82) is 0 Å². The summed E-state index contributed by atoms with van der Waals surface area (Å²) in [6.07, 6.45) is 0. The van der Waals surface area contributed by atoms with E-state index in [0.29, 0.717) is 43.2 Å². The molecule has 0 bridgehead atoms. The van der Waals surface area contributed by atoms with E-state index >= 15 is 0 Å². The first-order valence-electron chi connectivity index (χ1n) is 10.9. The van der Waals surface area contributed by atoms with E-state index in [1.807, 2.05) is 6.92 Å². The lowest BCUT2D eigenvalue weighted by Gasteiger charge is -2.31. The topological polar surface area (TPSA) is 79.3 Å². The summed E-state index contributed by atoms with van der Waals surface area (Å²) in [6, 6.07) is 9.89. The number of ketones is 1. The van der Waals surface area contributed by atoms with Crippen molar-refractivity contribution in [2.45, 2.75) is 13.0 Å². The zero-order valence-corrected chi connectivity index (χ0v) is 18.7. The molecule has 2 heterocycles. The normalized spacial score (nSPS) is 20.9. The SMILES string of the molecule is COc1ccc(C(O)=C2C(=O)C(=O)N(CCN3CCOCC3)[C@H]2c2ccc(F)cc2)cc1C. The number of benzene rings is 2. The number of amides is 1. The number of methoxy groups -OCH3 is 1. The van der Waals surface area contributed by atoms with Gasteiger partial charge in [0.15, 0.2) is 0 Å². The smallest absolute Gasteiger partial charge is 0.295 e. The molecule has 174 valence electrons. The first kappa shape index (κ1) is 22.9. The van der Waals surface area contributed by atoms with Crippen LogP contribution < -0.4 is 4.74 Å². The van der Waals surface area contributed by atoms with Crippen LogP contribution in [0.5, 0.6) is 5.75 Å².